The van der Waals surface area contributed by atoms with Crippen molar-refractivity contribution in [2.75, 3.05) is 37.6 Å². The number of cyclic esters (lactones) is 1. The molecule has 0 aromatic carbocycles. The third-order valence-corrected chi connectivity index (χ3v) is 5.85. The Balaban J connectivity index is 1.42. The van der Waals surface area contributed by atoms with Crippen molar-refractivity contribution in [1.29, 1.82) is 0 Å². The van der Waals surface area contributed by atoms with Gasteiger partial charge >= 0.3 is 5.97 Å². The molecule has 1 aromatic heterocycles. The van der Waals surface area contributed by atoms with Crippen molar-refractivity contribution in [3.8, 4) is 0 Å². The number of rotatable bonds is 4. The lowest BCUT2D eigenvalue weighted by atomic mass is 10.1. The maximum Gasteiger partial charge on any atom is 0.306 e. The number of carbonyl (C=O) groups is 1. The molecule has 3 heterocycles. The molecular formula is C21H32ClN3O2. The molecule has 1 unspecified atom stereocenters. The third-order valence-electron chi connectivity index (χ3n) is 5.63. The van der Waals surface area contributed by atoms with Gasteiger partial charge in [-0.1, -0.05) is 37.3 Å². The van der Waals surface area contributed by atoms with Gasteiger partial charge in [-0.3, -0.25) is 9.69 Å². The molecule has 27 heavy (non-hydrogen) atoms. The van der Waals surface area contributed by atoms with Gasteiger partial charge in [-0.05, 0) is 37.8 Å². The number of carbonyl (C=O) groups excluding carboxylic acids is 1. The van der Waals surface area contributed by atoms with Crippen LogP contribution in [0.3, 0.4) is 0 Å². The Labute approximate surface area is 168 Å². The van der Waals surface area contributed by atoms with Crippen LogP contribution in [0.25, 0.3) is 0 Å². The molecule has 0 amide bonds. The molecule has 1 atom stereocenters. The van der Waals surface area contributed by atoms with Crippen molar-refractivity contribution in [2.45, 2.75) is 63.9 Å². The monoisotopic (exact) mass is 393 g/mol. The van der Waals surface area contributed by atoms with Crippen molar-refractivity contribution in [3.05, 3.63) is 23.4 Å². The van der Waals surface area contributed by atoms with Crippen LogP contribution in [-0.2, 0) is 9.53 Å². The maximum absolute atomic E-state index is 12.0. The van der Waals surface area contributed by atoms with Crippen molar-refractivity contribution in [3.63, 3.8) is 0 Å². The molecule has 150 valence electrons. The zero-order chi connectivity index (χ0) is 18.9. The van der Waals surface area contributed by atoms with Gasteiger partial charge in [0, 0.05) is 45.3 Å². The van der Waals surface area contributed by atoms with E-state index in [-0.39, 0.29) is 12.1 Å². The summed E-state index contributed by atoms with van der Waals surface area (Å²) in [6, 6.07) is 3.88. The Morgan fingerprint density at radius 2 is 1.78 bits per heavy atom. The largest absolute Gasteiger partial charge is 0.462 e. The zero-order valence-electron chi connectivity index (χ0n) is 16.2. The highest BCUT2D eigenvalue weighted by atomic mass is 35.5. The number of aromatic nitrogens is 1. The lowest BCUT2D eigenvalue weighted by molar-refractivity contribution is -0.150. The fourth-order valence-electron chi connectivity index (χ4n) is 3.94. The summed E-state index contributed by atoms with van der Waals surface area (Å²) in [6.07, 6.45) is 11.5. The van der Waals surface area contributed by atoms with Crippen molar-refractivity contribution in [1.82, 2.24) is 9.88 Å². The second-order valence-electron chi connectivity index (χ2n) is 7.72. The minimum absolute atomic E-state index is 0.000493. The average Bonchev–Trinajstić information content (AvgIpc) is 2.73. The lowest BCUT2D eigenvalue weighted by Crippen LogP contribution is -2.47. The number of ether oxygens (including phenoxy) is 1. The molecule has 0 N–H and O–H groups in total. The second-order valence-corrected chi connectivity index (χ2v) is 8.16. The highest BCUT2D eigenvalue weighted by Gasteiger charge is 2.21. The number of anilines is 1. The minimum Gasteiger partial charge on any atom is -0.462 e. The fourth-order valence-corrected chi connectivity index (χ4v) is 4.05. The van der Waals surface area contributed by atoms with Gasteiger partial charge in [-0.2, -0.15) is 0 Å². The molecule has 0 saturated carbocycles. The summed E-state index contributed by atoms with van der Waals surface area (Å²) in [7, 11) is 0. The zero-order valence-corrected chi connectivity index (χ0v) is 17.0. The third kappa shape index (κ3) is 6.96. The van der Waals surface area contributed by atoms with E-state index in [2.05, 4.69) is 14.8 Å². The van der Waals surface area contributed by atoms with Crippen LogP contribution >= 0.6 is 11.6 Å². The predicted molar refractivity (Wildman–Crippen MR) is 109 cm³/mol. The highest BCUT2D eigenvalue weighted by molar-refractivity contribution is 6.30. The van der Waals surface area contributed by atoms with Crippen molar-refractivity contribution in [2.24, 2.45) is 0 Å². The Kier molecular flexibility index (Phi) is 8.21. The number of halogens is 1. The number of hydrogen-bond acceptors (Lipinski definition) is 5. The van der Waals surface area contributed by atoms with E-state index in [1.165, 1.54) is 25.7 Å². The SMILES string of the molecule is O=C1CCCCCCCCC(CCN2CCN(c3ccc(Cl)cn3)CC2)O1. The van der Waals surface area contributed by atoms with E-state index in [1.807, 2.05) is 12.1 Å². The van der Waals surface area contributed by atoms with E-state index in [0.717, 1.165) is 64.2 Å². The van der Waals surface area contributed by atoms with Crippen LogP contribution in [0.2, 0.25) is 5.02 Å². The quantitative estimate of drug-likeness (QED) is 0.714. The van der Waals surface area contributed by atoms with E-state index in [4.69, 9.17) is 16.3 Å². The summed E-state index contributed by atoms with van der Waals surface area (Å²) in [5.74, 6) is 0.997. The molecule has 2 saturated heterocycles. The fraction of sp³-hybridized carbons (Fsp3) is 0.714. The normalized spacial score (nSPS) is 23.5. The van der Waals surface area contributed by atoms with Gasteiger partial charge < -0.3 is 9.64 Å². The predicted octanol–water partition coefficient (Wildman–Crippen LogP) is 4.29. The van der Waals surface area contributed by atoms with E-state index in [0.29, 0.717) is 11.4 Å². The van der Waals surface area contributed by atoms with Crippen LogP contribution in [0.5, 0.6) is 0 Å². The highest BCUT2D eigenvalue weighted by Crippen LogP contribution is 2.19. The molecule has 2 aliphatic heterocycles. The van der Waals surface area contributed by atoms with E-state index < -0.39 is 0 Å². The molecule has 5 nitrogen and oxygen atoms in total. The number of nitrogens with zero attached hydrogens (tertiary/aromatic N) is 3. The first-order chi connectivity index (χ1) is 13.2. The number of hydrogen-bond donors (Lipinski definition) is 0. The molecular weight excluding hydrogens is 362 g/mol. The topological polar surface area (TPSA) is 45.7 Å². The number of piperazine rings is 1. The number of pyridine rings is 1. The Morgan fingerprint density at radius 1 is 1.04 bits per heavy atom. The van der Waals surface area contributed by atoms with Crippen LogP contribution in [0.1, 0.15) is 57.8 Å². The lowest BCUT2D eigenvalue weighted by Gasteiger charge is -2.36. The van der Waals surface area contributed by atoms with Gasteiger partial charge in [0.05, 0.1) is 5.02 Å². The Hall–Kier alpha value is -1.33. The van der Waals surface area contributed by atoms with Crippen LogP contribution in [-0.4, -0.2) is 54.7 Å². The van der Waals surface area contributed by atoms with E-state index in [9.17, 15) is 4.79 Å². The van der Waals surface area contributed by atoms with E-state index >= 15 is 0 Å². The van der Waals surface area contributed by atoms with Crippen LogP contribution in [0, 0.1) is 0 Å². The molecule has 1 aromatic rings. The van der Waals surface area contributed by atoms with Gasteiger partial charge in [0.15, 0.2) is 0 Å². The maximum atomic E-state index is 12.0. The van der Waals surface area contributed by atoms with Gasteiger partial charge in [0.1, 0.15) is 11.9 Å². The molecule has 0 aliphatic carbocycles. The first-order valence-corrected chi connectivity index (χ1v) is 10.9. The molecule has 0 spiro atoms. The summed E-state index contributed by atoms with van der Waals surface area (Å²) < 4.78 is 5.78. The van der Waals surface area contributed by atoms with Crippen molar-refractivity contribution < 1.29 is 9.53 Å². The molecule has 3 rings (SSSR count). The van der Waals surface area contributed by atoms with Crippen LogP contribution in [0.15, 0.2) is 18.3 Å². The summed E-state index contributed by atoms with van der Waals surface area (Å²) in [6.45, 7) is 4.98. The summed E-state index contributed by atoms with van der Waals surface area (Å²) in [5.41, 5.74) is 0. The summed E-state index contributed by atoms with van der Waals surface area (Å²) in [5, 5.41) is 0.674. The molecule has 0 radical (unpaired) electrons. The van der Waals surface area contributed by atoms with Crippen LogP contribution in [0.4, 0.5) is 5.82 Å². The standard InChI is InChI=1S/C21H32ClN3O2/c22-18-9-10-20(23-17-18)25-15-13-24(14-16-25)12-11-19-7-5-3-1-2-4-6-8-21(26)27-19/h9-10,17,19H,1-8,11-16H2. The smallest absolute Gasteiger partial charge is 0.306 e. The van der Waals surface area contributed by atoms with Gasteiger partial charge in [-0.15, -0.1) is 0 Å². The summed E-state index contributed by atoms with van der Waals surface area (Å²) >= 11 is 5.92. The minimum atomic E-state index is 0.000493. The first-order valence-electron chi connectivity index (χ1n) is 10.5. The first kappa shape index (κ1) is 20.4. The molecule has 0 bridgehead atoms. The molecule has 2 aliphatic rings. The van der Waals surface area contributed by atoms with Gasteiger partial charge in [0.2, 0.25) is 0 Å². The second kappa shape index (κ2) is 10.9. The van der Waals surface area contributed by atoms with Gasteiger partial charge in [-0.25, -0.2) is 4.98 Å². The molecule has 2 fully saturated rings. The summed E-state index contributed by atoms with van der Waals surface area (Å²) in [4.78, 5) is 21.2. The van der Waals surface area contributed by atoms with Gasteiger partial charge in [0.25, 0.3) is 0 Å². The molecule has 6 heteroatoms. The van der Waals surface area contributed by atoms with Crippen LogP contribution < -0.4 is 4.90 Å². The number of esters is 1. The van der Waals surface area contributed by atoms with E-state index in [1.54, 1.807) is 6.20 Å². The Morgan fingerprint density at radius 3 is 2.52 bits per heavy atom. The average molecular weight is 394 g/mol. The Bertz CT molecular complexity index is 573. The van der Waals surface area contributed by atoms with Crippen molar-refractivity contribution >= 4 is 23.4 Å².